The molecule has 3 aromatic rings. The molecule has 3 aromatic carbocycles. The maximum Gasteiger partial charge on any atom is 0.139 e. The lowest BCUT2D eigenvalue weighted by molar-refractivity contribution is -0.109. The quantitative estimate of drug-likeness (QED) is 0.439. The zero-order valence-electron chi connectivity index (χ0n) is 18.2. The summed E-state index contributed by atoms with van der Waals surface area (Å²) in [6.07, 6.45) is -1.91. The number of hydrogen-bond donors (Lipinski definition) is 1. The Balaban J connectivity index is 1.53. The number of benzene rings is 3. The first-order valence-electron chi connectivity index (χ1n) is 10.9. The molecular formula is C27H31FO2S. The molecule has 1 aliphatic heterocycles. The molecule has 1 fully saturated rings. The lowest BCUT2D eigenvalue weighted by Gasteiger charge is -2.44. The van der Waals surface area contributed by atoms with E-state index in [0.717, 1.165) is 16.9 Å². The predicted octanol–water partition coefficient (Wildman–Crippen LogP) is 6.27. The highest BCUT2D eigenvalue weighted by Crippen LogP contribution is 2.49. The molecule has 0 aromatic heterocycles. The second-order valence-corrected chi connectivity index (χ2v) is 10.9. The third kappa shape index (κ3) is 5.57. The van der Waals surface area contributed by atoms with Crippen molar-refractivity contribution in [3.8, 4) is 0 Å². The lowest BCUT2D eigenvalue weighted by Crippen LogP contribution is -2.50. The molecule has 0 radical (unpaired) electrons. The number of halogens is 1. The van der Waals surface area contributed by atoms with Gasteiger partial charge in [-0.15, -0.1) is 0 Å². The van der Waals surface area contributed by atoms with E-state index in [2.05, 4.69) is 31.2 Å². The molecule has 1 aliphatic rings. The van der Waals surface area contributed by atoms with E-state index in [9.17, 15) is 0 Å². The first-order chi connectivity index (χ1) is 15.1. The second kappa shape index (κ2) is 10.4. The van der Waals surface area contributed by atoms with Gasteiger partial charge in [0.2, 0.25) is 0 Å². The number of aryl methyl sites for hydroxylation is 1. The molecule has 1 unspecified atom stereocenters. The maximum absolute atomic E-state index is 15.7. The van der Waals surface area contributed by atoms with E-state index in [4.69, 9.17) is 9.47 Å². The fraction of sp³-hybridized carbons (Fsp3) is 0.333. The van der Waals surface area contributed by atoms with Gasteiger partial charge in [0.1, 0.15) is 12.3 Å². The summed E-state index contributed by atoms with van der Waals surface area (Å²) in [4.78, 5) is 1.24. The van der Waals surface area contributed by atoms with Crippen LogP contribution in [-0.2, 0) is 22.7 Å². The Morgan fingerprint density at radius 2 is 1.35 bits per heavy atom. The number of thiol groups is 1. The van der Waals surface area contributed by atoms with Crippen molar-refractivity contribution in [2.24, 2.45) is 0 Å². The van der Waals surface area contributed by atoms with Crippen molar-refractivity contribution in [3.05, 3.63) is 102 Å². The van der Waals surface area contributed by atoms with Crippen molar-refractivity contribution in [1.82, 2.24) is 0 Å². The Bertz CT molecular complexity index is 932. The molecule has 2 nitrogen and oxygen atoms in total. The van der Waals surface area contributed by atoms with Crippen LogP contribution in [0.25, 0.3) is 0 Å². The van der Waals surface area contributed by atoms with Crippen LogP contribution in [0, 0.1) is 6.92 Å². The van der Waals surface area contributed by atoms with E-state index in [0.29, 0.717) is 13.2 Å². The van der Waals surface area contributed by atoms with Gasteiger partial charge >= 0.3 is 0 Å². The molecule has 1 heterocycles. The smallest absolute Gasteiger partial charge is 0.139 e. The molecule has 164 valence electrons. The van der Waals surface area contributed by atoms with Crippen molar-refractivity contribution >= 4 is 10.9 Å². The summed E-state index contributed by atoms with van der Waals surface area (Å²) in [7, 11) is -0.671. The van der Waals surface area contributed by atoms with Crippen molar-refractivity contribution in [1.29, 1.82) is 0 Å². The minimum atomic E-state index is -1.06. The Labute approximate surface area is 187 Å². The Kier molecular flexibility index (Phi) is 7.44. The van der Waals surface area contributed by atoms with E-state index in [-0.39, 0.29) is 11.4 Å². The summed E-state index contributed by atoms with van der Waals surface area (Å²) in [5.74, 6) is 0.812. The zero-order valence-corrected chi connectivity index (χ0v) is 19.0. The van der Waals surface area contributed by atoms with Crippen LogP contribution in [0.15, 0.2) is 89.8 Å². The van der Waals surface area contributed by atoms with Crippen LogP contribution in [0.2, 0.25) is 0 Å². The molecular weight excluding hydrogens is 407 g/mol. The minimum absolute atomic E-state index is 0.0740. The van der Waals surface area contributed by atoms with Gasteiger partial charge in [0.15, 0.2) is 0 Å². The van der Waals surface area contributed by atoms with Gasteiger partial charge in [-0.3, -0.25) is 0 Å². The minimum Gasteiger partial charge on any atom is -0.370 e. The molecule has 0 N–H and O–H groups in total. The molecule has 0 spiro atoms. The van der Waals surface area contributed by atoms with Crippen molar-refractivity contribution < 1.29 is 13.9 Å². The van der Waals surface area contributed by atoms with Crippen LogP contribution in [0.1, 0.15) is 23.6 Å². The summed E-state index contributed by atoms with van der Waals surface area (Å²) < 4.78 is 28.2. The van der Waals surface area contributed by atoms with Crippen LogP contribution in [0.4, 0.5) is 4.39 Å². The molecule has 4 rings (SSSR count). The van der Waals surface area contributed by atoms with Crippen LogP contribution in [0.3, 0.4) is 0 Å². The first-order valence-corrected chi connectivity index (χ1v) is 12.5. The second-order valence-electron chi connectivity index (χ2n) is 8.27. The highest BCUT2D eigenvalue weighted by atomic mass is 32.2. The summed E-state index contributed by atoms with van der Waals surface area (Å²) in [6, 6.07) is 28.6. The molecule has 4 heteroatoms. The number of hydrogen-bond acceptors (Lipinski definition) is 2. The predicted molar refractivity (Wildman–Crippen MR) is 128 cm³/mol. The van der Waals surface area contributed by atoms with Gasteiger partial charge in [0.05, 0.1) is 19.3 Å². The van der Waals surface area contributed by atoms with Gasteiger partial charge in [0.25, 0.3) is 0 Å². The van der Waals surface area contributed by atoms with Gasteiger partial charge in [0, 0.05) is 11.0 Å². The first kappa shape index (κ1) is 22.1. The molecule has 0 bridgehead atoms. The van der Waals surface area contributed by atoms with Gasteiger partial charge in [-0.05, 0) is 22.9 Å². The highest BCUT2D eigenvalue weighted by Gasteiger charge is 2.43. The molecule has 5 atom stereocenters. The number of ether oxygens (including phenoxy) is 2. The van der Waals surface area contributed by atoms with E-state index < -0.39 is 23.2 Å². The average molecular weight is 439 g/mol. The van der Waals surface area contributed by atoms with E-state index in [1.54, 1.807) is 0 Å². The van der Waals surface area contributed by atoms with Crippen molar-refractivity contribution in [2.45, 2.75) is 55.6 Å². The van der Waals surface area contributed by atoms with E-state index in [1.165, 1.54) is 10.5 Å². The summed E-state index contributed by atoms with van der Waals surface area (Å²) in [6.45, 7) is 4.97. The van der Waals surface area contributed by atoms with Crippen LogP contribution in [0.5, 0.6) is 0 Å². The third-order valence-corrected chi connectivity index (χ3v) is 8.95. The van der Waals surface area contributed by atoms with Crippen LogP contribution < -0.4 is 0 Å². The number of alkyl halides is 1. The Hall–Kier alpha value is -2.14. The standard InChI is InChI=1S/C27H31FO2S/c1-20-13-15-24(16-14-20)31-19-25(29-17-22-9-5-3-6-10-22)27(26(28)21(31)2)30-18-23-11-7-4-8-12-23/h3-16,21,25-27,31H,17-19H2,1-2H3/t21-,25+,26+,27-/m1/s1. The average Bonchev–Trinajstić information content (AvgIpc) is 2.81. The monoisotopic (exact) mass is 438 g/mol. The SMILES string of the molecule is Cc1ccc([SH]2C[C@H](OCc3ccccc3)[C@@H](OCc3ccccc3)[C@@H](F)[C@H]2C)cc1. The highest BCUT2D eigenvalue weighted by molar-refractivity contribution is 8.17. The fourth-order valence-electron chi connectivity index (χ4n) is 4.08. The molecule has 0 amide bonds. The van der Waals surface area contributed by atoms with E-state index in [1.807, 2.05) is 67.6 Å². The zero-order chi connectivity index (χ0) is 21.6. The Morgan fingerprint density at radius 1 is 0.806 bits per heavy atom. The maximum atomic E-state index is 15.7. The van der Waals surface area contributed by atoms with Crippen LogP contribution >= 0.6 is 10.9 Å². The molecule has 31 heavy (non-hydrogen) atoms. The normalized spacial score (nSPS) is 27.1. The topological polar surface area (TPSA) is 18.5 Å². The summed E-state index contributed by atoms with van der Waals surface area (Å²) >= 11 is 0. The third-order valence-electron chi connectivity index (χ3n) is 5.97. The fourth-order valence-corrected chi connectivity index (χ4v) is 6.84. The summed E-state index contributed by atoms with van der Waals surface area (Å²) in [5.41, 5.74) is 3.37. The molecule has 0 aliphatic carbocycles. The lowest BCUT2D eigenvalue weighted by atomic mass is 10.1. The van der Waals surface area contributed by atoms with Gasteiger partial charge in [-0.1, -0.05) is 97.4 Å². The van der Waals surface area contributed by atoms with Crippen molar-refractivity contribution in [2.75, 3.05) is 5.75 Å². The van der Waals surface area contributed by atoms with Gasteiger partial charge in [-0.25, -0.2) is 15.3 Å². The van der Waals surface area contributed by atoms with Gasteiger partial charge in [-0.2, -0.15) is 0 Å². The van der Waals surface area contributed by atoms with E-state index >= 15 is 4.39 Å². The largest absolute Gasteiger partial charge is 0.370 e. The van der Waals surface area contributed by atoms with Crippen LogP contribution in [-0.4, -0.2) is 29.4 Å². The van der Waals surface area contributed by atoms with Crippen molar-refractivity contribution in [3.63, 3.8) is 0 Å². The number of rotatable bonds is 7. The Morgan fingerprint density at radius 3 is 1.94 bits per heavy atom. The summed E-state index contributed by atoms with van der Waals surface area (Å²) in [5, 5.41) is -0.0740. The van der Waals surface area contributed by atoms with Gasteiger partial charge < -0.3 is 9.47 Å². The molecule has 1 saturated heterocycles. The molecule has 0 saturated carbocycles.